The molecule has 0 amide bonds. The Morgan fingerprint density at radius 2 is 2.37 bits per heavy atom. The minimum atomic E-state index is -0.919. The van der Waals surface area contributed by atoms with E-state index in [1.54, 1.807) is 11.7 Å². The third-order valence-electron chi connectivity index (χ3n) is 4.12. The molecule has 0 bridgehead atoms. The van der Waals surface area contributed by atoms with Crippen molar-refractivity contribution in [2.45, 2.75) is 32.4 Å². The molecule has 0 aromatic carbocycles. The van der Waals surface area contributed by atoms with Crippen LogP contribution in [0.15, 0.2) is 6.20 Å². The Balaban J connectivity index is 2.20. The van der Waals surface area contributed by atoms with Crippen LogP contribution in [0.5, 0.6) is 0 Å². The second-order valence-corrected chi connectivity index (χ2v) is 5.33. The monoisotopic (exact) mass is 266 g/mol. The first-order chi connectivity index (χ1) is 9.04. The van der Waals surface area contributed by atoms with E-state index in [1.165, 1.54) is 12.6 Å². The Bertz CT molecular complexity index is 457. The van der Waals surface area contributed by atoms with Crippen molar-refractivity contribution in [3.63, 3.8) is 0 Å². The zero-order valence-corrected chi connectivity index (χ0v) is 11.5. The summed E-state index contributed by atoms with van der Waals surface area (Å²) in [6.45, 7) is 4.40. The predicted octanol–water partition coefficient (Wildman–Crippen LogP) is 0.678. The van der Waals surface area contributed by atoms with Crippen molar-refractivity contribution >= 4 is 5.97 Å². The van der Waals surface area contributed by atoms with Crippen LogP contribution in [-0.2, 0) is 13.6 Å². The molecule has 1 aliphatic heterocycles. The first-order valence-corrected chi connectivity index (χ1v) is 6.73. The largest absolute Gasteiger partial charge is 0.478 e. The standard InChI is InChI=1S/C13H22N4O2/c1-9-4-3-5-17(11(9)6-14)8-12-10(13(18)19)7-15-16(12)2/h7,9,11H,3-6,8,14H2,1-2H3,(H,18,19). The van der Waals surface area contributed by atoms with E-state index in [-0.39, 0.29) is 5.56 Å². The van der Waals surface area contributed by atoms with Crippen molar-refractivity contribution in [3.05, 3.63) is 17.5 Å². The zero-order chi connectivity index (χ0) is 14.0. The Morgan fingerprint density at radius 1 is 1.63 bits per heavy atom. The van der Waals surface area contributed by atoms with Crippen LogP contribution < -0.4 is 5.73 Å². The van der Waals surface area contributed by atoms with Crippen molar-refractivity contribution in [1.82, 2.24) is 14.7 Å². The molecule has 0 radical (unpaired) electrons. The van der Waals surface area contributed by atoms with E-state index in [9.17, 15) is 9.90 Å². The van der Waals surface area contributed by atoms with Crippen LogP contribution in [-0.4, -0.2) is 44.9 Å². The van der Waals surface area contributed by atoms with Gasteiger partial charge in [0.1, 0.15) is 5.56 Å². The third kappa shape index (κ3) is 2.79. The number of likely N-dealkylation sites (tertiary alicyclic amines) is 1. The van der Waals surface area contributed by atoms with Gasteiger partial charge in [0, 0.05) is 26.2 Å². The summed E-state index contributed by atoms with van der Waals surface area (Å²) in [5.41, 5.74) is 6.91. The van der Waals surface area contributed by atoms with Gasteiger partial charge in [-0.25, -0.2) is 4.79 Å². The summed E-state index contributed by atoms with van der Waals surface area (Å²) in [6.07, 6.45) is 3.75. The number of carboxylic acids is 1. The molecule has 1 aromatic heterocycles. The van der Waals surface area contributed by atoms with Gasteiger partial charge < -0.3 is 10.8 Å². The van der Waals surface area contributed by atoms with Gasteiger partial charge in [0.25, 0.3) is 0 Å². The Kier molecular flexibility index (Phi) is 4.21. The summed E-state index contributed by atoms with van der Waals surface area (Å²) < 4.78 is 1.65. The number of aromatic carboxylic acids is 1. The van der Waals surface area contributed by atoms with Crippen LogP contribution in [0.4, 0.5) is 0 Å². The number of hydrogen-bond acceptors (Lipinski definition) is 4. The quantitative estimate of drug-likeness (QED) is 0.837. The fraction of sp³-hybridized carbons (Fsp3) is 0.692. The van der Waals surface area contributed by atoms with E-state index in [2.05, 4.69) is 16.9 Å². The van der Waals surface area contributed by atoms with Gasteiger partial charge in [0.05, 0.1) is 11.9 Å². The lowest BCUT2D eigenvalue weighted by Crippen LogP contribution is -2.48. The molecule has 1 fully saturated rings. The van der Waals surface area contributed by atoms with Gasteiger partial charge in [-0.1, -0.05) is 6.92 Å². The highest BCUT2D eigenvalue weighted by Crippen LogP contribution is 2.25. The number of carboxylic acid groups (broad SMARTS) is 1. The summed E-state index contributed by atoms with van der Waals surface area (Å²) >= 11 is 0. The van der Waals surface area contributed by atoms with Gasteiger partial charge in [-0.05, 0) is 25.3 Å². The number of aromatic nitrogens is 2. The normalized spacial score (nSPS) is 24.6. The highest BCUT2D eigenvalue weighted by atomic mass is 16.4. The summed E-state index contributed by atoms with van der Waals surface area (Å²) in [5, 5.41) is 13.2. The molecule has 6 nitrogen and oxygen atoms in total. The second-order valence-electron chi connectivity index (χ2n) is 5.33. The number of nitrogens with zero attached hydrogens (tertiary/aromatic N) is 3. The van der Waals surface area contributed by atoms with Crippen molar-refractivity contribution in [2.75, 3.05) is 13.1 Å². The zero-order valence-electron chi connectivity index (χ0n) is 11.5. The lowest BCUT2D eigenvalue weighted by molar-refractivity contribution is 0.0687. The molecule has 106 valence electrons. The number of nitrogens with two attached hydrogens (primary N) is 1. The van der Waals surface area contributed by atoms with E-state index in [0.717, 1.165) is 18.7 Å². The third-order valence-corrected chi connectivity index (χ3v) is 4.12. The number of carbonyl (C=O) groups is 1. The first-order valence-electron chi connectivity index (χ1n) is 6.73. The Labute approximate surface area is 113 Å². The van der Waals surface area contributed by atoms with Crippen molar-refractivity contribution < 1.29 is 9.90 Å². The molecular formula is C13H22N4O2. The fourth-order valence-electron chi connectivity index (χ4n) is 2.93. The van der Waals surface area contributed by atoms with Crippen LogP contribution in [0, 0.1) is 5.92 Å². The number of rotatable bonds is 4. The molecule has 2 rings (SSSR count). The number of piperidine rings is 1. The molecule has 2 unspecified atom stereocenters. The van der Waals surface area contributed by atoms with Crippen LogP contribution in [0.1, 0.15) is 35.8 Å². The van der Waals surface area contributed by atoms with E-state index in [1.807, 2.05) is 0 Å². The smallest absolute Gasteiger partial charge is 0.339 e. The van der Waals surface area contributed by atoms with Gasteiger partial charge in [-0.3, -0.25) is 9.58 Å². The maximum atomic E-state index is 11.2. The van der Waals surface area contributed by atoms with E-state index in [0.29, 0.717) is 25.0 Å². The lowest BCUT2D eigenvalue weighted by Gasteiger charge is -2.39. The Morgan fingerprint density at radius 3 is 3.00 bits per heavy atom. The molecule has 3 N–H and O–H groups in total. The molecule has 0 saturated carbocycles. The molecule has 1 saturated heterocycles. The van der Waals surface area contributed by atoms with E-state index >= 15 is 0 Å². The van der Waals surface area contributed by atoms with Gasteiger partial charge in [0.2, 0.25) is 0 Å². The highest BCUT2D eigenvalue weighted by molar-refractivity contribution is 5.88. The van der Waals surface area contributed by atoms with Gasteiger partial charge in [-0.15, -0.1) is 0 Å². The maximum Gasteiger partial charge on any atom is 0.339 e. The number of hydrogen-bond donors (Lipinski definition) is 2. The van der Waals surface area contributed by atoms with Crippen molar-refractivity contribution in [1.29, 1.82) is 0 Å². The van der Waals surface area contributed by atoms with Gasteiger partial charge in [0.15, 0.2) is 0 Å². The van der Waals surface area contributed by atoms with E-state index < -0.39 is 5.97 Å². The predicted molar refractivity (Wildman–Crippen MR) is 71.8 cm³/mol. The van der Waals surface area contributed by atoms with Crippen LogP contribution >= 0.6 is 0 Å². The topological polar surface area (TPSA) is 84.4 Å². The Hall–Kier alpha value is -1.40. The summed E-state index contributed by atoms with van der Waals surface area (Å²) in [7, 11) is 1.78. The molecule has 0 aliphatic carbocycles. The molecule has 19 heavy (non-hydrogen) atoms. The molecule has 2 atom stereocenters. The molecule has 6 heteroatoms. The summed E-state index contributed by atoms with van der Waals surface area (Å²) in [5.74, 6) is -0.363. The summed E-state index contributed by atoms with van der Waals surface area (Å²) in [4.78, 5) is 13.5. The molecule has 2 heterocycles. The molecule has 0 spiro atoms. The first kappa shape index (κ1) is 14.0. The maximum absolute atomic E-state index is 11.2. The van der Waals surface area contributed by atoms with E-state index in [4.69, 9.17) is 5.73 Å². The van der Waals surface area contributed by atoms with Crippen LogP contribution in [0.3, 0.4) is 0 Å². The highest BCUT2D eigenvalue weighted by Gasteiger charge is 2.29. The van der Waals surface area contributed by atoms with Crippen molar-refractivity contribution in [2.24, 2.45) is 18.7 Å². The minimum Gasteiger partial charge on any atom is -0.478 e. The fourth-order valence-corrected chi connectivity index (χ4v) is 2.93. The minimum absolute atomic E-state index is 0.288. The lowest BCUT2D eigenvalue weighted by atomic mass is 9.90. The number of aryl methyl sites for hydroxylation is 1. The molecule has 1 aromatic rings. The van der Waals surface area contributed by atoms with Crippen LogP contribution in [0.2, 0.25) is 0 Å². The molecule has 1 aliphatic rings. The summed E-state index contributed by atoms with van der Waals surface area (Å²) in [6, 6.07) is 0.324. The van der Waals surface area contributed by atoms with Crippen LogP contribution in [0.25, 0.3) is 0 Å². The molecular weight excluding hydrogens is 244 g/mol. The van der Waals surface area contributed by atoms with Gasteiger partial charge >= 0.3 is 5.97 Å². The van der Waals surface area contributed by atoms with Crippen molar-refractivity contribution in [3.8, 4) is 0 Å². The average molecular weight is 266 g/mol. The SMILES string of the molecule is CC1CCCN(Cc2c(C(=O)O)cnn2C)C1CN. The van der Waals surface area contributed by atoms with Gasteiger partial charge in [-0.2, -0.15) is 5.10 Å². The second kappa shape index (κ2) is 5.71. The average Bonchev–Trinajstić information content (AvgIpc) is 2.71.